The third-order valence-corrected chi connectivity index (χ3v) is 2.76. The van der Waals surface area contributed by atoms with Crippen molar-refractivity contribution in [1.29, 1.82) is 0 Å². The summed E-state index contributed by atoms with van der Waals surface area (Å²) in [5.74, 6) is -1.76. The Hall–Kier alpha value is -2.38. The van der Waals surface area contributed by atoms with E-state index in [0.717, 1.165) is 0 Å². The molecule has 0 aromatic carbocycles. The molecule has 0 saturated carbocycles. The van der Waals surface area contributed by atoms with Gasteiger partial charge in [-0.1, -0.05) is 0 Å². The lowest BCUT2D eigenvalue weighted by Crippen LogP contribution is -2.40. The first-order valence-corrected chi connectivity index (χ1v) is 6.01. The van der Waals surface area contributed by atoms with E-state index in [9.17, 15) is 14.4 Å². The number of rotatable bonds is 5. The number of carboxylic acid groups (broad SMARTS) is 1. The van der Waals surface area contributed by atoms with E-state index < -0.39 is 23.5 Å². The van der Waals surface area contributed by atoms with Crippen LogP contribution in [0.4, 0.5) is 5.69 Å². The third-order valence-electron chi connectivity index (χ3n) is 2.76. The van der Waals surface area contributed by atoms with Crippen LogP contribution in [0.25, 0.3) is 0 Å². The van der Waals surface area contributed by atoms with E-state index >= 15 is 0 Å². The summed E-state index contributed by atoms with van der Waals surface area (Å²) in [5, 5.41) is 18.0. The van der Waals surface area contributed by atoms with Crippen LogP contribution in [0, 0.1) is 0 Å². The van der Waals surface area contributed by atoms with Gasteiger partial charge in [-0.2, -0.15) is 5.10 Å². The predicted octanol–water partition coefficient (Wildman–Crippen LogP) is 0.166. The highest BCUT2D eigenvalue weighted by Crippen LogP contribution is 2.17. The van der Waals surface area contributed by atoms with Gasteiger partial charge in [0.25, 0.3) is 0 Å². The van der Waals surface area contributed by atoms with Crippen molar-refractivity contribution in [3.63, 3.8) is 0 Å². The van der Waals surface area contributed by atoms with Gasteiger partial charge in [0.05, 0.1) is 11.9 Å². The summed E-state index contributed by atoms with van der Waals surface area (Å²) in [5.41, 5.74) is -0.854. The van der Waals surface area contributed by atoms with Crippen molar-refractivity contribution in [2.45, 2.75) is 39.3 Å². The van der Waals surface area contributed by atoms with Crippen LogP contribution in [0.5, 0.6) is 0 Å². The molecular weight excluding hydrogens is 264 g/mol. The Morgan fingerprint density at radius 1 is 1.40 bits per heavy atom. The molecule has 0 bridgehead atoms. The molecule has 0 fully saturated rings. The molecule has 0 radical (unpaired) electrons. The molecular formula is C12H18N4O4. The zero-order chi connectivity index (χ0) is 15.5. The molecule has 20 heavy (non-hydrogen) atoms. The minimum atomic E-state index is -1.22. The first-order chi connectivity index (χ1) is 9.14. The summed E-state index contributed by atoms with van der Waals surface area (Å²) in [6, 6.07) is -0.691. The monoisotopic (exact) mass is 282 g/mol. The Morgan fingerprint density at radius 3 is 2.50 bits per heavy atom. The van der Waals surface area contributed by atoms with Gasteiger partial charge in [-0.3, -0.25) is 14.3 Å². The van der Waals surface area contributed by atoms with E-state index in [2.05, 4.69) is 15.7 Å². The van der Waals surface area contributed by atoms with Gasteiger partial charge < -0.3 is 15.7 Å². The van der Waals surface area contributed by atoms with Crippen LogP contribution in [-0.2, 0) is 19.9 Å². The van der Waals surface area contributed by atoms with E-state index in [4.69, 9.17) is 5.11 Å². The van der Waals surface area contributed by atoms with E-state index in [-0.39, 0.29) is 5.91 Å². The Labute approximate surface area is 116 Å². The number of anilines is 1. The minimum absolute atomic E-state index is 0.310. The number of hydrogen-bond acceptors (Lipinski definition) is 4. The minimum Gasteiger partial charge on any atom is -0.479 e. The molecule has 8 heteroatoms. The van der Waals surface area contributed by atoms with Gasteiger partial charge in [-0.05, 0) is 20.8 Å². The number of aliphatic carboxylic acids is 1. The number of carboxylic acids is 1. The molecule has 3 N–H and O–H groups in total. The number of hydrogen-bond donors (Lipinski definition) is 3. The van der Waals surface area contributed by atoms with Gasteiger partial charge in [0, 0.05) is 13.1 Å². The predicted molar refractivity (Wildman–Crippen MR) is 71.1 cm³/mol. The highest BCUT2D eigenvalue weighted by Gasteiger charge is 2.30. The second-order valence-electron chi connectivity index (χ2n) is 4.95. The van der Waals surface area contributed by atoms with Crippen LogP contribution in [-0.4, -0.2) is 38.7 Å². The highest BCUT2D eigenvalue weighted by molar-refractivity contribution is 5.96. The van der Waals surface area contributed by atoms with Crippen molar-refractivity contribution in [2.24, 2.45) is 0 Å². The Morgan fingerprint density at radius 2 is 2.00 bits per heavy atom. The third kappa shape index (κ3) is 3.56. The molecule has 1 aromatic heterocycles. The lowest BCUT2D eigenvalue weighted by molar-refractivity contribution is -0.146. The number of aromatic nitrogens is 2. The maximum Gasteiger partial charge on any atom is 0.331 e. The fraction of sp³-hybridized carbons (Fsp3) is 0.500. The molecule has 1 unspecified atom stereocenters. The number of amides is 2. The highest BCUT2D eigenvalue weighted by atomic mass is 16.4. The maximum atomic E-state index is 11.8. The fourth-order valence-electron chi connectivity index (χ4n) is 1.41. The van der Waals surface area contributed by atoms with Crippen LogP contribution in [0.3, 0.4) is 0 Å². The first kappa shape index (κ1) is 15.7. The van der Waals surface area contributed by atoms with Gasteiger partial charge in [0.2, 0.25) is 11.8 Å². The molecule has 1 atom stereocenters. The lowest BCUT2D eigenvalue weighted by atomic mass is 10.1. The van der Waals surface area contributed by atoms with Crippen molar-refractivity contribution in [2.75, 3.05) is 5.32 Å². The largest absolute Gasteiger partial charge is 0.479 e. The normalized spacial score (nSPS) is 12.6. The zero-order valence-electron chi connectivity index (χ0n) is 11.8. The molecule has 1 rings (SSSR count). The molecule has 0 aliphatic heterocycles. The van der Waals surface area contributed by atoms with Crippen molar-refractivity contribution < 1.29 is 19.5 Å². The van der Waals surface area contributed by atoms with E-state index in [1.807, 2.05) is 0 Å². The van der Waals surface area contributed by atoms with Crippen LogP contribution < -0.4 is 10.6 Å². The van der Waals surface area contributed by atoms with E-state index in [1.165, 1.54) is 37.8 Å². The standard InChI is InChI=1S/C12H18N4O4/c1-7(14-8(2)17)10(18)15-9-5-13-16(6-9)12(3,4)11(19)20/h5-7H,1-4H3,(H,14,17)(H,15,18)(H,19,20). The second-order valence-corrected chi connectivity index (χ2v) is 4.95. The van der Waals surface area contributed by atoms with Gasteiger partial charge >= 0.3 is 5.97 Å². The number of nitrogens with one attached hydrogen (secondary N) is 2. The van der Waals surface area contributed by atoms with E-state index in [1.54, 1.807) is 6.92 Å². The van der Waals surface area contributed by atoms with Gasteiger partial charge in [0.15, 0.2) is 5.54 Å². The number of carbonyl (C=O) groups excluding carboxylic acids is 2. The fourth-order valence-corrected chi connectivity index (χ4v) is 1.41. The molecule has 0 aliphatic carbocycles. The van der Waals surface area contributed by atoms with Crippen LogP contribution in [0.2, 0.25) is 0 Å². The molecule has 110 valence electrons. The molecule has 0 spiro atoms. The summed E-state index contributed by atoms with van der Waals surface area (Å²) >= 11 is 0. The van der Waals surface area contributed by atoms with E-state index in [0.29, 0.717) is 5.69 Å². The van der Waals surface area contributed by atoms with Crippen LogP contribution >= 0.6 is 0 Å². The average Bonchev–Trinajstić information content (AvgIpc) is 2.76. The number of carbonyl (C=O) groups is 3. The number of nitrogens with zero attached hydrogens (tertiary/aromatic N) is 2. The van der Waals surface area contributed by atoms with Gasteiger partial charge in [-0.25, -0.2) is 4.79 Å². The summed E-state index contributed by atoms with van der Waals surface area (Å²) in [4.78, 5) is 33.7. The average molecular weight is 282 g/mol. The molecule has 8 nitrogen and oxygen atoms in total. The smallest absolute Gasteiger partial charge is 0.331 e. The van der Waals surface area contributed by atoms with Crippen molar-refractivity contribution >= 4 is 23.5 Å². The van der Waals surface area contributed by atoms with Crippen molar-refractivity contribution in [3.05, 3.63) is 12.4 Å². The Balaban J connectivity index is 2.76. The molecule has 2 amide bonds. The second kappa shape index (κ2) is 5.72. The van der Waals surface area contributed by atoms with Crippen LogP contribution in [0.15, 0.2) is 12.4 Å². The van der Waals surface area contributed by atoms with Crippen molar-refractivity contribution in [3.8, 4) is 0 Å². The maximum absolute atomic E-state index is 11.8. The summed E-state index contributed by atoms with van der Waals surface area (Å²) in [6.45, 7) is 5.85. The Bertz CT molecular complexity index is 535. The zero-order valence-corrected chi connectivity index (χ0v) is 11.8. The topological polar surface area (TPSA) is 113 Å². The molecule has 1 aromatic rings. The summed E-state index contributed by atoms with van der Waals surface area (Å²) in [7, 11) is 0. The van der Waals surface area contributed by atoms with Crippen molar-refractivity contribution in [1.82, 2.24) is 15.1 Å². The SMILES string of the molecule is CC(=O)NC(C)C(=O)Nc1cnn(C(C)(C)C(=O)O)c1. The molecule has 0 aliphatic rings. The Kier molecular flexibility index (Phi) is 4.49. The van der Waals surface area contributed by atoms with Gasteiger partial charge in [-0.15, -0.1) is 0 Å². The van der Waals surface area contributed by atoms with Gasteiger partial charge in [0.1, 0.15) is 6.04 Å². The first-order valence-electron chi connectivity index (χ1n) is 6.01. The summed E-state index contributed by atoms with van der Waals surface area (Å²) < 4.78 is 1.24. The van der Waals surface area contributed by atoms with Crippen LogP contribution in [0.1, 0.15) is 27.7 Å². The summed E-state index contributed by atoms with van der Waals surface area (Å²) in [6.07, 6.45) is 2.77. The molecule has 0 saturated heterocycles. The quantitative estimate of drug-likeness (QED) is 0.712. The lowest BCUT2D eigenvalue weighted by Gasteiger charge is -2.19. The molecule has 1 heterocycles.